The van der Waals surface area contributed by atoms with Gasteiger partial charge < -0.3 is 0 Å². The minimum Gasteiger partial charge on any atom is -0.0750 e. The summed E-state index contributed by atoms with van der Waals surface area (Å²) in [6.45, 7) is 9.34. The molecular weight excluding hydrogens is 480 g/mol. The Hall–Kier alpha value is -3.74. The van der Waals surface area contributed by atoms with Crippen molar-refractivity contribution in [1.29, 1.82) is 0 Å². The average Bonchev–Trinajstić information content (AvgIpc) is 2.98. The van der Waals surface area contributed by atoms with Crippen LogP contribution in [0.1, 0.15) is 62.8 Å². The molecule has 40 heavy (non-hydrogen) atoms. The summed E-state index contributed by atoms with van der Waals surface area (Å²) in [5.41, 5.74) is 18.3. The monoisotopic (exact) mass is 526 g/mol. The van der Waals surface area contributed by atoms with Crippen molar-refractivity contribution >= 4 is 0 Å². The molecule has 0 aliphatic carbocycles. The topological polar surface area (TPSA) is 0 Å². The first-order valence-electron chi connectivity index (χ1n) is 15.0. The van der Waals surface area contributed by atoms with Gasteiger partial charge in [-0.05, 0) is 109 Å². The Balaban J connectivity index is 1.37. The van der Waals surface area contributed by atoms with Crippen LogP contribution in [0.25, 0.3) is 0 Å². The summed E-state index contributed by atoms with van der Waals surface area (Å²) in [5.74, 6) is 2.54. The Labute approximate surface area is 243 Å². The molecule has 3 aromatic rings. The van der Waals surface area contributed by atoms with Gasteiger partial charge in [0.15, 0.2) is 0 Å². The first-order valence-corrected chi connectivity index (χ1v) is 15.0. The van der Waals surface area contributed by atoms with Crippen molar-refractivity contribution in [2.24, 2.45) is 23.7 Å². The average molecular weight is 527 g/mol. The highest BCUT2D eigenvalue weighted by Gasteiger charge is 2.12. The maximum Gasteiger partial charge on any atom is -0.00148 e. The van der Waals surface area contributed by atoms with Crippen LogP contribution in [0.5, 0.6) is 0 Å². The highest BCUT2D eigenvalue weighted by molar-refractivity contribution is 5.25. The molecule has 0 heteroatoms. The lowest BCUT2D eigenvalue weighted by atomic mass is 9.87. The summed E-state index contributed by atoms with van der Waals surface area (Å²) in [5, 5.41) is 0. The molecule has 0 saturated heterocycles. The van der Waals surface area contributed by atoms with Gasteiger partial charge in [-0.2, -0.15) is 0 Å². The van der Waals surface area contributed by atoms with Gasteiger partial charge in [0.05, 0.1) is 0 Å². The van der Waals surface area contributed by atoms with Gasteiger partial charge in [0.25, 0.3) is 0 Å². The minimum absolute atomic E-state index is 0.624. The first-order chi connectivity index (χ1) is 19.5. The molecule has 0 aliphatic heterocycles. The van der Waals surface area contributed by atoms with E-state index in [0.717, 1.165) is 38.5 Å². The Morgan fingerprint density at radius 1 is 0.425 bits per heavy atom. The fourth-order valence-electron chi connectivity index (χ4n) is 4.71. The third kappa shape index (κ3) is 12.0. The van der Waals surface area contributed by atoms with Crippen LogP contribution < -0.4 is 0 Å². The van der Waals surface area contributed by atoms with Crippen LogP contribution >= 0.6 is 0 Å². The number of benzene rings is 3. The van der Waals surface area contributed by atoms with Crippen molar-refractivity contribution < 1.29 is 0 Å². The Bertz CT molecular complexity index is 1210. The molecule has 4 unspecified atom stereocenters. The summed E-state index contributed by atoms with van der Waals surface area (Å²) in [6.07, 6.45) is 14.5. The van der Waals surface area contributed by atoms with E-state index in [1.807, 2.05) is 0 Å². The first kappa shape index (κ1) is 30.8. The number of hydrogen-bond acceptors (Lipinski definition) is 0. The molecule has 0 radical (unpaired) electrons. The lowest BCUT2D eigenvalue weighted by Crippen LogP contribution is -2.10. The van der Waals surface area contributed by atoms with Crippen LogP contribution in [0, 0.1) is 23.7 Å². The molecule has 206 valence electrons. The molecule has 0 bridgehead atoms. The van der Waals surface area contributed by atoms with Gasteiger partial charge in [-0.3, -0.25) is 0 Å². The second kappa shape index (κ2) is 17.8. The predicted octanol–water partition coefficient (Wildman–Crippen LogP) is 10.3. The SMILES string of the molecule is CC(CC=C=C=CCc1ccc(CC=C=C=CCC(C)C(C)Cc2ccccc2)cc1)C(C)Cc1ccccc1. The highest BCUT2D eigenvalue weighted by Crippen LogP contribution is 2.21. The van der Waals surface area contributed by atoms with Crippen molar-refractivity contribution in [3.63, 3.8) is 0 Å². The Kier molecular flexibility index (Phi) is 13.7. The number of hydrogen-bond donors (Lipinski definition) is 0. The fourth-order valence-corrected chi connectivity index (χ4v) is 4.71. The normalized spacial score (nSPS) is 13.3. The molecule has 3 aromatic carbocycles. The van der Waals surface area contributed by atoms with E-state index >= 15 is 0 Å². The van der Waals surface area contributed by atoms with Crippen LogP contribution in [0.2, 0.25) is 0 Å². The summed E-state index contributed by atoms with van der Waals surface area (Å²) < 4.78 is 0. The van der Waals surface area contributed by atoms with E-state index in [1.165, 1.54) is 22.3 Å². The van der Waals surface area contributed by atoms with Gasteiger partial charge in [-0.25, -0.2) is 0 Å². The van der Waals surface area contributed by atoms with Gasteiger partial charge >= 0.3 is 0 Å². The zero-order chi connectivity index (χ0) is 28.4. The lowest BCUT2D eigenvalue weighted by molar-refractivity contribution is 0.389. The fraction of sp³-hybridized carbons (Fsp3) is 0.350. The maximum atomic E-state index is 3.23. The molecular formula is C40H46. The van der Waals surface area contributed by atoms with Crippen LogP contribution in [0.3, 0.4) is 0 Å². The Morgan fingerprint density at radius 2 is 0.775 bits per heavy atom. The van der Waals surface area contributed by atoms with Crippen molar-refractivity contribution in [3.8, 4) is 0 Å². The van der Waals surface area contributed by atoms with Crippen molar-refractivity contribution in [1.82, 2.24) is 0 Å². The van der Waals surface area contributed by atoms with Crippen LogP contribution in [0.4, 0.5) is 0 Å². The van der Waals surface area contributed by atoms with Crippen molar-refractivity contribution in [3.05, 3.63) is 154 Å². The zero-order valence-corrected chi connectivity index (χ0v) is 24.9. The molecule has 0 saturated carbocycles. The van der Waals surface area contributed by atoms with Gasteiger partial charge in [-0.1, -0.05) is 136 Å². The quantitative estimate of drug-likeness (QED) is 0.183. The van der Waals surface area contributed by atoms with Gasteiger partial charge in [0, 0.05) is 0 Å². The molecule has 0 spiro atoms. The standard InChI is InChI=1S/C40H46/c1-33(35(3)31-39-23-15-9-16-24-39)19-11-5-7-13-21-37-27-29-38(30-28-37)22-14-8-6-12-20-34(2)36(4)32-40-25-17-10-18-26-40/h9-18,23-30,33-36H,19-22,31-32H2,1-4H3. The molecule has 0 amide bonds. The van der Waals surface area contributed by atoms with E-state index in [2.05, 4.69) is 160 Å². The van der Waals surface area contributed by atoms with E-state index in [9.17, 15) is 0 Å². The molecule has 0 nitrogen and oxygen atoms in total. The molecule has 0 N–H and O–H groups in total. The summed E-state index contributed by atoms with van der Waals surface area (Å²) in [4.78, 5) is 0. The molecule has 4 atom stereocenters. The molecule has 3 rings (SSSR count). The van der Waals surface area contributed by atoms with E-state index in [1.54, 1.807) is 0 Å². The van der Waals surface area contributed by atoms with E-state index < -0.39 is 0 Å². The summed E-state index contributed by atoms with van der Waals surface area (Å²) in [7, 11) is 0. The second-order valence-corrected chi connectivity index (χ2v) is 11.4. The zero-order valence-electron chi connectivity index (χ0n) is 24.9. The van der Waals surface area contributed by atoms with Crippen molar-refractivity contribution in [2.45, 2.75) is 66.2 Å². The van der Waals surface area contributed by atoms with E-state index in [4.69, 9.17) is 0 Å². The summed E-state index contributed by atoms with van der Waals surface area (Å²) >= 11 is 0. The van der Waals surface area contributed by atoms with Gasteiger partial charge in [0.2, 0.25) is 0 Å². The van der Waals surface area contributed by atoms with Crippen LogP contribution in [-0.4, -0.2) is 0 Å². The smallest absolute Gasteiger partial charge is 0.00148 e. The number of rotatable bonds is 14. The third-order valence-electron chi connectivity index (χ3n) is 8.00. The molecule has 0 fully saturated rings. The maximum absolute atomic E-state index is 3.23. The Morgan fingerprint density at radius 3 is 1.15 bits per heavy atom. The lowest BCUT2D eigenvalue weighted by Gasteiger charge is -2.18. The van der Waals surface area contributed by atoms with E-state index in [0.29, 0.717) is 23.7 Å². The minimum atomic E-state index is 0.624. The second-order valence-electron chi connectivity index (χ2n) is 11.4. The highest BCUT2D eigenvalue weighted by atomic mass is 14.2. The molecule has 0 aliphatic rings. The molecule has 0 heterocycles. The van der Waals surface area contributed by atoms with Gasteiger partial charge in [-0.15, -0.1) is 0 Å². The molecule has 0 aromatic heterocycles. The van der Waals surface area contributed by atoms with Crippen molar-refractivity contribution in [2.75, 3.05) is 0 Å². The number of allylic oxidation sites excluding steroid dienone is 4. The largest absolute Gasteiger partial charge is 0.0750 e. The van der Waals surface area contributed by atoms with Crippen LogP contribution in [0.15, 0.2) is 132 Å². The summed E-state index contributed by atoms with van der Waals surface area (Å²) in [6, 6.07) is 30.3. The van der Waals surface area contributed by atoms with Gasteiger partial charge in [0.1, 0.15) is 0 Å². The van der Waals surface area contributed by atoms with Crippen LogP contribution in [-0.2, 0) is 25.7 Å². The van der Waals surface area contributed by atoms with E-state index in [-0.39, 0.29) is 0 Å². The third-order valence-corrected chi connectivity index (χ3v) is 8.00. The predicted molar refractivity (Wildman–Crippen MR) is 172 cm³/mol.